The molecule has 1 aliphatic rings. The Hall–Kier alpha value is 0.620. The summed E-state index contributed by atoms with van der Waals surface area (Å²) < 4.78 is 2.29. The van der Waals surface area contributed by atoms with Crippen molar-refractivity contribution >= 4 is 43.2 Å². The average Bonchev–Trinajstić information content (AvgIpc) is 2.58. The third kappa shape index (κ3) is 2.89. The van der Waals surface area contributed by atoms with Crippen molar-refractivity contribution in [1.82, 2.24) is 0 Å². The van der Waals surface area contributed by atoms with E-state index in [1.54, 1.807) is 11.3 Å². The lowest BCUT2D eigenvalue weighted by molar-refractivity contribution is 0.249. The molecular formula is C12H17Br2NS. The largest absolute Gasteiger partial charge is 0.323 e. The summed E-state index contributed by atoms with van der Waals surface area (Å²) in [4.78, 5) is 1.30. The summed E-state index contributed by atoms with van der Waals surface area (Å²) in [7, 11) is 0. The smallest absolute Gasteiger partial charge is 0.0843 e. The van der Waals surface area contributed by atoms with Crippen molar-refractivity contribution in [3.05, 3.63) is 19.2 Å². The summed E-state index contributed by atoms with van der Waals surface area (Å²) in [5, 5.41) is 0. The summed E-state index contributed by atoms with van der Waals surface area (Å²) in [6, 6.07) is 2.38. The fourth-order valence-corrected chi connectivity index (χ4v) is 4.75. The summed E-state index contributed by atoms with van der Waals surface area (Å²) >= 11 is 8.83. The van der Waals surface area contributed by atoms with Crippen molar-refractivity contribution < 1.29 is 0 Å². The Labute approximate surface area is 118 Å². The second-order valence-electron chi connectivity index (χ2n) is 4.83. The number of hydrogen-bond acceptors (Lipinski definition) is 2. The minimum absolute atomic E-state index is 0.218. The molecule has 1 fully saturated rings. The van der Waals surface area contributed by atoms with E-state index in [1.807, 2.05) is 0 Å². The molecule has 90 valence electrons. The molecule has 0 aromatic carbocycles. The molecule has 0 radical (unpaired) electrons. The lowest BCUT2D eigenvalue weighted by atomic mass is 9.78. The standard InChI is InChI=1S/C12H17Br2NS/c1-7-3-2-4-8(5-7)11(15)10-6-9(13)12(14)16-10/h6-8,11H,2-5,15H2,1H3. The third-order valence-electron chi connectivity index (χ3n) is 3.48. The van der Waals surface area contributed by atoms with Gasteiger partial charge in [-0.2, -0.15) is 0 Å². The molecule has 0 saturated heterocycles. The molecule has 16 heavy (non-hydrogen) atoms. The monoisotopic (exact) mass is 365 g/mol. The quantitative estimate of drug-likeness (QED) is 0.774. The summed E-state index contributed by atoms with van der Waals surface area (Å²) in [5.41, 5.74) is 6.38. The first kappa shape index (κ1) is 13.1. The predicted molar refractivity (Wildman–Crippen MR) is 77.8 cm³/mol. The number of thiophene rings is 1. The fraction of sp³-hybridized carbons (Fsp3) is 0.667. The molecule has 1 aromatic heterocycles. The molecule has 2 N–H and O–H groups in total. The molecule has 1 heterocycles. The van der Waals surface area contributed by atoms with Gasteiger partial charge in [-0.3, -0.25) is 0 Å². The Kier molecular flexibility index (Phi) is 4.50. The lowest BCUT2D eigenvalue weighted by Crippen LogP contribution is -2.25. The minimum atomic E-state index is 0.218. The van der Waals surface area contributed by atoms with E-state index < -0.39 is 0 Å². The zero-order valence-electron chi connectivity index (χ0n) is 9.38. The Morgan fingerprint density at radius 2 is 2.19 bits per heavy atom. The van der Waals surface area contributed by atoms with E-state index in [2.05, 4.69) is 44.8 Å². The molecule has 0 amide bonds. The number of halogens is 2. The van der Waals surface area contributed by atoms with Crippen LogP contribution in [0.25, 0.3) is 0 Å². The van der Waals surface area contributed by atoms with Crippen LogP contribution in [0.5, 0.6) is 0 Å². The van der Waals surface area contributed by atoms with Gasteiger partial charge in [-0.25, -0.2) is 0 Å². The van der Waals surface area contributed by atoms with E-state index in [-0.39, 0.29) is 6.04 Å². The molecule has 1 nitrogen and oxygen atoms in total. The Morgan fingerprint density at radius 1 is 1.44 bits per heavy atom. The Bertz CT molecular complexity index is 344. The van der Waals surface area contributed by atoms with Crippen LogP contribution in [0.15, 0.2) is 14.3 Å². The summed E-state index contributed by atoms with van der Waals surface area (Å²) in [6.07, 6.45) is 5.29. The molecule has 0 aliphatic heterocycles. The van der Waals surface area contributed by atoms with E-state index in [0.717, 1.165) is 14.2 Å². The van der Waals surface area contributed by atoms with Crippen molar-refractivity contribution in [1.29, 1.82) is 0 Å². The fourth-order valence-electron chi connectivity index (χ4n) is 2.57. The van der Waals surface area contributed by atoms with Gasteiger partial charge >= 0.3 is 0 Å². The second-order valence-corrected chi connectivity index (χ2v) is 8.08. The normalized spacial score (nSPS) is 28.0. The SMILES string of the molecule is CC1CCCC(C(N)c2cc(Br)c(Br)s2)C1. The highest BCUT2D eigenvalue weighted by molar-refractivity contribution is 9.13. The molecule has 1 aromatic rings. The third-order valence-corrected chi connectivity index (χ3v) is 6.84. The summed E-state index contributed by atoms with van der Waals surface area (Å²) in [5.74, 6) is 1.51. The van der Waals surface area contributed by atoms with Gasteiger partial charge in [0.15, 0.2) is 0 Å². The summed E-state index contributed by atoms with van der Waals surface area (Å²) in [6.45, 7) is 2.35. The molecule has 3 unspecified atom stereocenters. The number of rotatable bonds is 2. The average molecular weight is 367 g/mol. The van der Waals surface area contributed by atoms with Crippen LogP contribution < -0.4 is 5.73 Å². The van der Waals surface area contributed by atoms with Crippen LogP contribution in [0.4, 0.5) is 0 Å². The maximum absolute atomic E-state index is 6.38. The second kappa shape index (κ2) is 5.51. The molecule has 3 atom stereocenters. The van der Waals surface area contributed by atoms with Crippen molar-refractivity contribution in [3.8, 4) is 0 Å². The van der Waals surface area contributed by atoms with Crippen LogP contribution in [0, 0.1) is 11.8 Å². The first-order valence-corrected chi connectivity index (χ1v) is 8.18. The van der Waals surface area contributed by atoms with Crippen molar-refractivity contribution in [2.45, 2.75) is 38.6 Å². The van der Waals surface area contributed by atoms with E-state index >= 15 is 0 Å². The molecule has 0 spiro atoms. The predicted octanol–water partition coefficient (Wildman–Crippen LogP) is 5.10. The van der Waals surface area contributed by atoms with Gasteiger partial charge in [0.25, 0.3) is 0 Å². The maximum atomic E-state index is 6.38. The van der Waals surface area contributed by atoms with Gasteiger partial charge < -0.3 is 5.73 Å². The number of nitrogens with two attached hydrogens (primary N) is 1. The molecule has 1 saturated carbocycles. The topological polar surface area (TPSA) is 26.0 Å². The molecular weight excluding hydrogens is 350 g/mol. The van der Waals surface area contributed by atoms with Crippen LogP contribution in [0.3, 0.4) is 0 Å². The first-order valence-electron chi connectivity index (χ1n) is 5.78. The highest BCUT2D eigenvalue weighted by Crippen LogP contribution is 2.41. The van der Waals surface area contributed by atoms with Crippen LogP contribution in [-0.2, 0) is 0 Å². The van der Waals surface area contributed by atoms with Crippen LogP contribution in [-0.4, -0.2) is 0 Å². The van der Waals surface area contributed by atoms with Gasteiger partial charge in [-0.15, -0.1) is 11.3 Å². The van der Waals surface area contributed by atoms with E-state index in [9.17, 15) is 0 Å². The van der Waals surface area contributed by atoms with Crippen LogP contribution >= 0.6 is 43.2 Å². The van der Waals surface area contributed by atoms with Crippen LogP contribution in [0.1, 0.15) is 43.5 Å². The number of hydrogen-bond donors (Lipinski definition) is 1. The van der Waals surface area contributed by atoms with Crippen LogP contribution in [0.2, 0.25) is 0 Å². The molecule has 4 heteroatoms. The minimum Gasteiger partial charge on any atom is -0.323 e. The van der Waals surface area contributed by atoms with E-state index in [1.165, 1.54) is 30.6 Å². The van der Waals surface area contributed by atoms with Gasteiger partial charge in [0, 0.05) is 15.4 Å². The van der Waals surface area contributed by atoms with Gasteiger partial charge in [-0.05, 0) is 62.6 Å². The highest BCUT2D eigenvalue weighted by Gasteiger charge is 2.26. The van der Waals surface area contributed by atoms with E-state index in [0.29, 0.717) is 5.92 Å². The highest BCUT2D eigenvalue weighted by atomic mass is 79.9. The molecule has 0 bridgehead atoms. The lowest BCUT2D eigenvalue weighted by Gasteiger charge is -2.30. The maximum Gasteiger partial charge on any atom is 0.0843 e. The molecule has 2 rings (SSSR count). The zero-order chi connectivity index (χ0) is 11.7. The van der Waals surface area contributed by atoms with Crippen molar-refractivity contribution in [3.63, 3.8) is 0 Å². The van der Waals surface area contributed by atoms with Crippen molar-refractivity contribution in [2.75, 3.05) is 0 Å². The Balaban J connectivity index is 2.08. The van der Waals surface area contributed by atoms with Gasteiger partial charge in [0.1, 0.15) is 0 Å². The van der Waals surface area contributed by atoms with E-state index in [4.69, 9.17) is 5.73 Å². The van der Waals surface area contributed by atoms with Crippen molar-refractivity contribution in [2.24, 2.45) is 17.6 Å². The molecule has 1 aliphatic carbocycles. The first-order chi connectivity index (χ1) is 7.58. The zero-order valence-corrected chi connectivity index (χ0v) is 13.4. The van der Waals surface area contributed by atoms with Gasteiger partial charge in [0.2, 0.25) is 0 Å². The van der Waals surface area contributed by atoms with Gasteiger partial charge in [-0.1, -0.05) is 19.8 Å². The van der Waals surface area contributed by atoms with Gasteiger partial charge in [0.05, 0.1) is 3.79 Å². The Morgan fingerprint density at radius 3 is 2.75 bits per heavy atom.